The topological polar surface area (TPSA) is 49.6 Å². The molecule has 0 saturated heterocycles. The number of para-hydroxylation sites is 1. The van der Waals surface area contributed by atoms with Crippen LogP contribution in [0.15, 0.2) is 197 Å². The number of hydrogen-bond donors (Lipinski definition) is 2. The second-order valence-corrected chi connectivity index (χ2v) is 14.4. The zero-order chi connectivity index (χ0) is 36.3. The molecule has 4 heteroatoms. The third-order valence-electron chi connectivity index (χ3n) is 11.1. The molecule has 0 bridgehead atoms. The summed E-state index contributed by atoms with van der Waals surface area (Å²) in [5.41, 5.74) is 9.61. The van der Waals surface area contributed by atoms with E-state index < -0.39 is 0 Å². The Kier molecular flexibility index (Phi) is 7.35. The molecule has 4 nitrogen and oxygen atoms in total. The number of rotatable bonds is 5. The highest BCUT2D eigenvalue weighted by atomic mass is 16.3. The van der Waals surface area contributed by atoms with Gasteiger partial charge in [0.15, 0.2) is 0 Å². The number of nitrogens with one attached hydrogen (secondary N) is 2. The van der Waals surface area contributed by atoms with Crippen molar-refractivity contribution in [3.63, 3.8) is 0 Å². The van der Waals surface area contributed by atoms with Crippen molar-refractivity contribution < 1.29 is 4.42 Å². The largest absolute Gasteiger partial charge is 0.456 e. The zero-order valence-corrected chi connectivity index (χ0v) is 29.9. The van der Waals surface area contributed by atoms with Crippen LogP contribution in [0.3, 0.4) is 0 Å². The van der Waals surface area contributed by atoms with Gasteiger partial charge in [0.2, 0.25) is 0 Å². The molecule has 0 aliphatic carbocycles. The van der Waals surface area contributed by atoms with Crippen LogP contribution in [0, 0.1) is 0 Å². The van der Waals surface area contributed by atoms with Gasteiger partial charge in [-0.1, -0.05) is 158 Å². The van der Waals surface area contributed by atoms with Crippen molar-refractivity contribution in [1.82, 2.24) is 10.6 Å². The van der Waals surface area contributed by atoms with Gasteiger partial charge in [-0.25, -0.2) is 4.99 Å². The summed E-state index contributed by atoms with van der Waals surface area (Å²) in [6, 6.07) is 67.0. The Labute approximate surface area is 318 Å². The first-order chi connectivity index (χ1) is 27.2. The smallest absolute Gasteiger partial charge is 0.136 e. The third kappa shape index (κ3) is 5.46. The van der Waals surface area contributed by atoms with Crippen LogP contribution in [0.5, 0.6) is 0 Å². The molecule has 0 radical (unpaired) electrons. The van der Waals surface area contributed by atoms with E-state index in [1.807, 2.05) is 6.07 Å². The normalized spacial score (nSPS) is 15.8. The molecule has 1 aliphatic heterocycles. The average Bonchev–Trinajstić information content (AvgIpc) is 3.64. The highest BCUT2D eigenvalue weighted by molar-refractivity contribution is 6.11. The highest BCUT2D eigenvalue weighted by Gasteiger charge is 2.30. The van der Waals surface area contributed by atoms with Gasteiger partial charge in [-0.15, -0.1) is 0 Å². The number of aliphatic imine (C=N–C) groups is 1. The molecule has 1 aliphatic rings. The van der Waals surface area contributed by atoms with Crippen molar-refractivity contribution in [2.24, 2.45) is 4.99 Å². The van der Waals surface area contributed by atoms with Crippen molar-refractivity contribution >= 4 is 60.1 Å². The van der Waals surface area contributed by atoms with Crippen LogP contribution in [-0.4, -0.2) is 5.84 Å². The standard InChI is InChI=1S/C51H35N3O/c1-2-12-32(13-3-1)34-22-24-35(25-23-34)39-30-45(48-43-20-10-11-21-46(43)55-47(48)31-39)51-53-49(38-27-26-33-14-4-5-15-36(33)28-38)52-50(54-51)44-29-37-16-6-7-17-40(37)41-18-8-9-19-42(41)44/h1-31,50-51,54H,(H,52,53). The molecule has 1 aromatic heterocycles. The molecule has 0 amide bonds. The lowest BCUT2D eigenvalue weighted by atomic mass is 9.93. The molecule has 55 heavy (non-hydrogen) atoms. The van der Waals surface area contributed by atoms with E-state index in [0.717, 1.165) is 55.6 Å². The van der Waals surface area contributed by atoms with Crippen LogP contribution in [0.4, 0.5) is 0 Å². The molecule has 2 N–H and O–H groups in total. The predicted molar refractivity (Wildman–Crippen MR) is 228 cm³/mol. The molecule has 10 aromatic rings. The first-order valence-corrected chi connectivity index (χ1v) is 18.8. The minimum atomic E-state index is -0.343. The highest BCUT2D eigenvalue weighted by Crippen LogP contribution is 2.41. The van der Waals surface area contributed by atoms with E-state index >= 15 is 0 Å². The van der Waals surface area contributed by atoms with Gasteiger partial charge >= 0.3 is 0 Å². The van der Waals surface area contributed by atoms with Crippen molar-refractivity contribution in [1.29, 1.82) is 0 Å². The van der Waals surface area contributed by atoms with Crippen LogP contribution in [0.2, 0.25) is 0 Å². The minimum absolute atomic E-state index is 0.304. The summed E-state index contributed by atoms with van der Waals surface area (Å²) in [7, 11) is 0. The van der Waals surface area contributed by atoms with Gasteiger partial charge in [-0.2, -0.15) is 0 Å². The summed E-state index contributed by atoms with van der Waals surface area (Å²) in [6.07, 6.45) is -0.648. The van der Waals surface area contributed by atoms with Crippen molar-refractivity contribution in [2.75, 3.05) is 0 Å². The summed E-state index contributed by atoms with van der Waals surface area (Å²) in [6.45, 7) is 0. The summed E-state index contributed by atoms with van der Waals surface area (Å²) in [5.74, 6) is 0.843. The molecule has 0 spiro atoms. The lowest BCUT2D eigenvalue weighted by Crippen LogP contribution is -2.45. The molecule has 260 valence electrons. The second kappa shape index (κ2) is 12.8. The fourth-order valence-electron chi connectivity index (χ4n) is 8.44. The number of hydrogen-bond acceptors (Lipinski definition) is 4. The quantitative estimate of drug-likeness (QED) is 0.175. The Morgan fingerprint density at radius 2 is 1.02 bits per heavy atom. The summed E-state index contributed by atoms with van der Waals surface area (Å²) >= 11 is 0. The SMILES string of the molecule is c1ccc(-c2ccc(-c3cc(C4NC(c5ccc6ccccc6c5)=NC(c5cc6ccccc6c6ccccc56)N4)c4c(c3)oc3ccccc34)cc2)cc1. The maximum Gasteiger partial charge on any atom is 0.136 e. The molecule has 2 unspecified atom stereocenters. The van der Waals surface area contributed by atoms with Gasteiger partial charge in [-0.05, 0) is 90.5 Å². The molecule has 9 aromatic carbocycles. The molecule has 2 heterocycles. The fourth-order valence-corrected chi connectivity index (χ4v) is 8.44. The Hall–Kier alpha value is -7.01. The van der Waals surface area contributed by atoms with Gasteiger partial charge in [-0.3, -0.25) is 5.32 Å². The van der Waals surface area contributed by atoms with Crippen LogP contribution in [0.25, 0.3) is 76.5 Å². The lowest BCUT2D eigenvalue weighted by Gasteiger charge is -2.33. The molecular formula is C51H35N3O. The van der Waals surface area contributed by atoms with Crippen LogP contribution >= 0.6 is 0 Å². The van der Waals surface area contributed by atoms with Crippen LogP contribution < -0.4 is 10.6 Å². The minimum Gasteiger partial charge on any atom is -0.456 e. The van der Waals surface area contributed by atoms with E-state index in [2.05, 4.69) is 193 Å². The Morgan fingerprint density at radius 3 is 1.84 bits per heavy atom. The number of fused-ring (bicyclic) bond motifs is 7. The van der Waals surface area contributed by atoms with Gasteiger partial charge in [0.25, 0.3) is 0 Å². The Bertz CT molecular complexity index is 3110. The van der Waals surface area contributed by atoms with Crippen molar-refractivity contribution in [3.8, 4) is 22.3 Å². The lowest BCUT2D eigenvalue weighted by molar-refractivity contribution is 0.413. The maximum atomic E-state index is 6.63. The van der Waals surface area contributed by atoms with E-state index in [4.69, 9.17) is 9.41 Å². The maximum absolute atomic E-state index is 6.63. The van der Waals surface area contributed by atoms with E-state index in [1.54, 1.807) is 0 Å². The van der Waals surface area contributed by atoms with E-state index in [9.17, 15) is 0 Å². The molecule has 0 saturated carbocycles. The molecule has 0 fully saturated rings. The molecule has 11 rings (SSSR count). The first-order valence-electron chi connectivity index (χ1n) is 18.8. The Balaban J connectivity index is 1.11. The summed E-state index contributed by atoms with van der Waals surface area (Å²) in [4.78, 5) is 5.48. The second-order valence-electron chi connectivity index (χ2n) is 14.4. The number of furan rings is 1. The molecular weight excluding hydrogens is 671 g/mol. The van der Waals surface area contributed by atoms with Gasteiger partial charge in [0, 0.05) is 21.9 Å². The summed E-state index contributed by atoms with van der Waals surface area (Å²) in [5, 5.41) is 17.3. The van der Waals surface area contributed by atoms with E-state index in [0.29, 0.717) is 0 Å². The molecule has 2 atom stereocenters. The number of benzene rings is 9. The first kappa shape index (κ1) is 31.5. The van der Waals surface area contributed by atoms with E-state index in [-0.39, 0.29) is 12.3 Å². The summed E-state index contributed by atoms with van der Waals surface area (Å²) < 4.78 is 6.63. The fraction of sp³-hybridized carbons (Fsp3) is 0.0392. The van der Waals surface area contributed by atoms with E-state index in [1.165, 1.54) is 43.4 Å². The van der Waals surface area contributed by atoms with Crippen molar-refractivity contribution in [3.05, 3.63) is 205 Å². The van der Waals surface area contributed by atoms with Crippen LogP contribution in [0.1, 0.15) is 29.0 Å². The monoisotopic (exact) mass is 705 g/mol. The van der Waals surface area contributed by atoms with Gasteiger partial charge in [0.1, 0.15) is 29.3 Å². The predicted octanol–water partition coefficient (Wildman–Crippen LogP) is 12.7. The van der Waals surface area contributed by atoms with Crippen LogP contribution in [-0.2, 0) is 0 Å². The van der Waals surface area contributed by atoms with Gasteiger partial charge in [0.05, 0.1) is 0 Å². The average molecular weight is 706 g/mol. The van der Waals surface area contributed by atoms with Crippen molar-refractivity contribution in [2.45, 2.75) is 12.3 Å². The zero-order valence-electron chi connectivity index (χ0n) is 29.9. The number of nitrogens with zero attached hydrogens (tertiary/aromatic N) is 1. The van der Waals surface area contributed by atoms with Gasteiger partial charge < -0.3 is 9.73 Å². The number of amidine groups is 1. The Morgan fingerprint density at radius 1 is 0.400 bits per heavy atom. The third-order valence-corrected chi connectivity index (χ3v) is 11.1.